The topological polar surface area (TPSA) is 52.3 Å². The highest BCUT2D eigenvalue weighted by atomic mass is 32.1. The van der Waals surface area contributed by atoms with E-state index in [1.54, 1.807) is 24.5 Å². The average Bonchev–Trinajstić information content (AvgIpc) is 2.50. The molecular weight excluding hydrogens is 186 g/mol. The molecule has 4 heteroatoms. The number of ether oxygens (including phenoxy) is 1. The van der Waals surface area contributed by atoms with Crippen LogP contribution in [-0.4, -0.2) is 13.0 Å². The Morgan fingerprint density at radius 2 is 2.54 bits per heavy atom. The molecule has 1 aromatic heterocycles. The summed E-state index contributed by atoms with van der Waals surface area (Å²) in [4.78, 5) is 11.6. The molecule has 70 valence electrons. The minimum absolute atomic E-state index is 0.431. The Bertz CT molecular complexity index is 317. The van der Waals surface area contributed by atoms with E-state index < -0.39 is 5.91 Å². The number of amides is 1. The third-order valence-corrected chi connectivity index (χ3v) is 2.33. The lowest BCUT2D eigenvalue weighted by atomic mass is 10.3. The zero-order valence-corrected chi connectivity index (χ0v) is 8.14. The van der Waals surface area contributed by atoms with Gasteiger partial charge < -0.3 is 10.5 Å². The lowest BCUT2D eigenvalue weighted by Crippen LogP contribution is -2.04. The second-order valence-corrected chi connectivity index (χ2v) is 3.51. The molecule has 0 fully saturated rings. The van der Waals surface area contributed by atoms with Crippen LogP contribution in [0, 0.1) is 0 Å². The van der Waals surface area contributed by atoms with Gasteiger partial charge in [-0.3, -0.25) is 4.79 Å². The number of hydrogen-bond donors (Lipinski definition) is 1. The molecule has 0 aliphatic carbocycles. The van der Waals surface area contributed by atoms with Gasteiger partial charge in [0.1, 0.15) is 0 Å². The summed E-state index contributed by atoms with van der Waals surface area (Å²) in [5, 5.41) is 1.95. The number of thiophene rings is 1. The maximum atomic E-state index is 10.4. The zero-order chi connectivity index (χ0) is 9.68. The molecule has 0 unspecified atom stereocenters. The summed E-state index contributed by atoms with van der Waals surface area (Å²) < 4.78 is 4.96. The summed E-state index contributed by atoms with van der Waals surface area (Å²) in [6, 6.07) is 1.97. The number of methoxy groups -OCH3 is 1. The van der Waals surface area contributed by atoms with Gasteiger partial charge in [-0.15, -0.1) is 11.3 Å². The first-order valence-corrected chi connectivity index (χ1v) is 4.64. The van der Waals surface area contributed by atoms with Crippen LogP contribution in [0.25, 0.3) is 6.08 Å². The molecule has 0 atom stereocenters. The van der Waals surface area contributed by atoms with Crippen LogP contribution in [0.2, 0.25) is 0 Å². The van der Waals surface area contributed by atoms with E-state index in [0.717, 1.165) is 10.4 Å². The number of primary amides is 1. The van der Waals surface area contributed by atoms with E-state index in [2.05, 4.69) is 0 Å². The molecule has 0 radical (unpaired) electrons. The van der Waals surface area contributed by atoms with Gasteiger partial charge in [0.2, 0.25) is 5.91 Å². The first kappa shape index (κ1) is 9.95. The van der Waals surface area contributed by atoms with Crippen LogP contribution in [0.3, 0.4) is 0 Å². The van der Waals surface area contributed by atoms with E-state index in [1.165, 1.54) is 6.08 Å². The van der Waals surface area contributed by atoms with Gasteiger partial charge in [-0.2, -0.15) is 0 Å². The Labute approximate surface area is 80.8 Å². The quantitative estimate of drug-likeness (QED) is 0.742. The van der Waals surface area contributed by atoms with Crippen molar-refractivity contribution in [3.8, 4) is 0 Å². The predicted molar refractivity (Wildman–Crippen MR) is 53.3 cm³/mol. The van der Waals surface area contributed by atoms with E-state index >= 15 is 0 Å². The fraction of sp³-hybridized carbons (Fsp3) is 0.222. The van der Waals surface area contributed by atoms with Gasteiger partial charge in [-0.1, -0.05) is 0 Å². The van der Waals surface area contributed by atoms with E-state index in [4.69, 9.17) is 10.5 Å². The Morgan fingerprint density at radius 1 is 1.77 bits per heavy atom. The molecule has 0 spiro atoms. The van der Waals surface area contributed by atoms with E-state index in [9.17, 15) is 4.79 Å². The van der Waals surface area contributed by atoms with Crippen LogP contribution in [0.1, 0.15) is 10.4 Å². The third-order valence-electron chi connectivity index (χ3n) is 1.40. The molecule has 1 rings (SSSR count). The van der Waals surface area contributed by atoms with Crippen molar-refractivity contribution < 1.29 is 9.53 Å². The van der Waals surface area contributed by atoms with Crippen molar-refractivity contribution in [2.24, 2.45) is 5.73 Å². The van der Waals surface area contributed by atoms with Gasteiger partial charge in [0.25, 0.3) is 0 Å². The Hall–Kier alpha value is -1.13. The molecular formula is C9H11NO2S. The summed E-state index contributed by atoms with van der Waals surface area (Å²) in [7, 11) is 1.65. The minimum atomic E-state index is -0.431. The zero-order valence-electron chi connectivity index (χ0n) is 7.32. The molecule has 0 aliphatic rings. The number of rotatable bonds is 4. The molecule has 1 heterocycles. The van der Waals surface area contributed by atoms with Crippen molar-refractivity contribution in [2.75, 3.05) is 7.11 Å². The van der Waals surface area contributed by atoms with E-state index in [-0.39, 0.29) is 0 Å². The van der Waals surface area contributed by atoms with Gasteiger partial charge in [-0.05, 0) is 23.1 Å². The van der Waals surface area contributed by atoms with Crippen LogP contribution in [-0.2, 0) is 16.1 Å². The number of hydrogen-bond acceptors (Lipinski definition) is 3. The Balaban J connectivity index is 2.63. The van der Waals surface area contributed by atoms with Gasteiger partial charge in [0.05, 0.1) is 6.61 Å². The Morgan fingerprint density at radius 3 is 3.15 bits per heavy atom. The lowest BCUT2D eigenvalue weighted by Gasteiger charge is -1.90. The summed E-state index contributed by atoms with van der Waals surface area (Å²) >= 11 is 1.60. The molecule has 0 aliphatic heterocycles. The molecule has 0 saturated carbocycles. The summed E-state index contributed by atoms with van der Waals surface area (Å²) in [6.45, 7) is 0.606. The first-order valence-electron chi connectivity index (χ1n) is 3.76. The molecule has 13 heavy (non-hydrogen) atoms. The van der Waals surface area contributed by atoms with Crippen LogP contribution in [0.5, 0.6) is 0 Å². The summed E-state index contributed by atoms with van der Waals surface area (Å²) in [5.41, 5.74) is 5.94. The third kappa shape index (κ3) is 3.40. The van der Waals surface area contributed by atoms with Crippen LogP contribution >= 0.6 is 11.3 Å². The monoisotopic (exact) mass is 197 g/mol. The van der Waals surface area contributed by atoms with Gasteiger partial charge in [0.15, 0.2) is 0 Å². The number of carbonyl (C=O) groups is 1. The predicted octanol–water partition coefficient (Wildman–Crippen LogP) is 1.39. The normalized spacial score (nSPS) is 10.8. The highest BCUT2D eigenvalue weighted by Gasteiger charge is 1.96. The molecule has 0 saturated heterocycles. The standard InChI is InChI=1S/C9H11NO2S/c1-12-5-8-4-7(6-13-8)2-3-9(10)11/h2-4,6H,5H2,1H3,(H2,10,11). The maximum Gasteiger partial charge on any atom is 0.241 e. The largest absolute Gasteiger partial charge is 0.379 e. The van der Waals surface area contributed by atoms with Gasteiger partial charge >= 0.3 is 0 Å². The molecule has 2 N–H and O–H groups in total. The smallest absolute Gasteiger partial charge is 0.241 e. The lowest BCUT2D eigenvalue weighted by molar-refractivity contribution is -0.113. The molecule has 0 aromatic carbocycles. The maximum absolute atomic E-state index is 10.4. The SMILES string of the molecule is COCc1cc(C=CC(N)=O)cs1. The fourth-order valence-electron chi connectivity index (χ4n) is 0.881. The molecule has 1 aromatic rings. The molecule has 1 amide bonds. The average molecular weight is 197 g/mol. The van der Waals surface area contributed by atoms with E-state index in [1.807, 2.05) is 11.4 Å². The van der Waals surface area contributed by atoms with Crippen molar-refractivity contribution in [1.29, 1.82) is 0 Å². The van der Waals surface area contributed by atoms with Crippen molar-refractivity contribution in [3.05, 3.63) is 28.0 Å². The van der Waals surface area contributed by atoms with Crippen molar-refractivity contribution >= 4 is 23.3 Å². The highest BCUT2D eigenvalue weighted by molar-refractivity contribution is 7.10. The highest BCUT2D eigenvalue weighted by Crippen LogP contribution is 2.16. The fourth-order valence-corrected chi connectivity index (χ4v) is 1.71. The number of carbonyl (C=O) groups excluding carboxylic acids is 1. The number of nitrogens with two attached hydrogens (primary N) is 1. The second-order valence-electron chi connectivity index (χ2n) is 2.52. The van der Waals surface area contributed by atoms with Gasteiger partial charge in [0, 0.05) is 18.1 Å². The van der Waals surface area contributed by atoms with Crippen LogP contribution in [0.4, 0.5) is 0 Å². The second kappa shape index (κ2) is 4.79. The summed E-state index contributed by atoms with van der Waals surface area (Å²) in [5.74, 6) is -0.431. The molecule has 0 bridgehead atoms. The Kier molecular flexibility index (Phi) is 3.67. The van der Waals surface area contributed by atoms with Crippen LogP contribution in [0.15, 0.2) is 17.5 Å². The first-order chi connectivity index (χ1) is 6.22. The minimum Gasteiger partial charge on any atom is -0.379 e. The van der Waals surface area contributed by atoms with Gasteiger partial charge in [-0.25, -0.2) is 0 Å². The van der Waals surface area contributed by atoms with Crippen molar-refractivity contribution in [1.82, 2.24) is 0 Å². The van der Waals surface area contributed by atoms with Crippen LogP contribution < -0.4 is 5.73 Å². The van der Waals surface area contributed by atoms with Crippen molar-refractivity contribution in [2.45, 2.75) is 6.61 Å². The van der Waals surface area contributed by atoms with E-state index in [0.29, 0.717) is 6.61 Å². The van der Waals surface area contributed by atoms with Crippen molar-refractivity contribution in [3.63, 3.8) is 0 Å². The molecule has 3 nitrogen and oxygen atoms in total. The summed E-state index contributed by atoms with van der Waals surface area (Å²) in [6.07, 6.45) is 3.04.